The Morgan fingerprint density at radius 3 is 2.47 bits per heavy atom. The van der Waals surface area contributed by atoms with Crippen LogP contribution in [0.3, 0.4) is 0 Å². The standard InChI is InChI=1S/C14H19F2N/c1-9-5-6-14(17,8-10(9)2)11-3-4-12(15)13(16)7-11/h3-4,7,9-10H,5-6,8,17H2,1-2H3. The quantitative estimate of drug-likeness (QED) is 0.796. The van der Waals surface area contributed by atoms with Gasteiger partial charge in [0.2, 0.25) is 0 Å². The van der Waals surface area contributed by atoms with E-state index in [1.54, 1.807) is 6.07 Å². The molecule has 94 valence electrons. The van der Waals surface area contributed by atoms with E-state index in [0.29, 0.717) is 11.8 Å². The number of rotatable bonds is 1. The van der Waals surface area contributed by atoms with Gasteiger partial charge in [0, 0.05) is 5.54 Å². The number of hydrogen-bond donors (Lipinski definition) is 1. The van der Waals surface area contributed by atoms with Crippen LogP contribution in [0.15, 0.2) is 18.2 Å². The van der Waals surface area contributed by atoms with Crippen molar-refractivity contribution in [2.24, 2.45) is 17.6 Å². The Bertz CT molecular complexity index is 419. The molecule has 1 fully saturated rings. The third-order valence-corrected chi connectivity index (χ3v) is 4.20. The zero-order valence-electron chi connectivity index (χ0n) is 10.3. The lowest BCUT2D eigenvalue weighted by molar-refractivity contribution is 0.176. The van der Waals surface area contributed by atoms with Gasteiger partial charge in [-0.25, -0.2) is 8.78 Å². The van der Waals surface area contributed by atoms with Gasteiger partial charge in [-0.2, -0.15) is 0 Å². The first-order valence-corrected chi connectivity index (χ1v) is 6.17. The normalized spacial score (nSPS) is 33.7. The second kappa shape index (κ2) is 4.37. The fourth-order valence-electron chi connectivity index (χ4n) is 2.72. The molecule has 2 rings (SSSR count). The molecular weight excluding hydrogens is 220 g/mol. The maximum absolute atomic E-state index is 13.2. The van der Waals surface area contributed by atoms with E-state index in [4.69, 9.17) is 5.73 Å². The fourth-order valence-corrected chi connectivity index (χ4v) is 2.72. The molecule has 0 aromatic heterocycles. The molecule has 1 aromatic rings. The van der Waals surface area contributed by atoms with Gasteiger partial charge >= 0.3 is 0 Å². The first kappa shape index (κ1) is 12.5. The molecule has 2 N–H and O–H groups in total. The van der Waals surface area contributed by atoms with Crippen LogP contribution in [0, 0.1) is 23.5 Å². The highest BCUT2D eigenvalue weighted by Gasteiger charge is 2.36. The van der Waals surface area contributed by atoms with Gasteiger partial charge in [-0.05, 0) is 48.8 Å². The third-order valence-electron chi connectivity index (χ3n) is 4.20. The summed E-state index contributed by atoms with van der Waals surface area (Å²) in [6.07, 6.45) is 2.71. The number of nitrogens with two attached hydrogens (primary N) is 1. The van der Waals surface area contributed by atoms with Crippen molar-refractivity contribution in [1.29, 1.82) is 0 Å². The summed E-state index contributed by atoms with van der Waals surface area (Å²) in [5, 5.41) is 0. The maximum Gasteiger partial charge on any atom is 0.159 e. The van der Waals surface area contributed by atoms with Crippen LogP contribution in [-0.4, -0.2) is 0 Å². The van der Waals surface area contributed by atoms with Gasteiger partial charge < -0.3 is 5.73 Å². The van der Waals surface area contributed by atoms with Crippen LogP contribution in [0.4, 0.5) is 8.78 Å². The second-order valence-corrected chi connectivity index (χ2v) is 5.48. The van der Waals surface area contributed by atoms with Crippen molar-refractivity contribution in [3.8, 4) is 0 Å². The predicted molar refractivity (Wildman–Crippen MR) is 64.4 cm³/mol. The Morgan fingerprint density at radius 1 is 1.18 bits per heavy atom. The Balaban J connectivity index is 2.29. The van der Waals surface area contributed by atoms with E-state index >= 15 is 0 Å². The fraction of sp³-hybridized carbons (Fsp3) is 0.571. The molecule has 3 atom stereocenters. The van der Waals surface area contributed by atoms with Gasteiger partial charge in [-0.1, -0.05) is 19.9 Å². The van der Waals surface area contributed by atoms with E-state index in [1.807, 2.05) is 0 Å². The van der Waals surface area contributed by atoms with E-state index < -0.39 is 17.2 Å². The molecule has 1 aliphatic carbocycles. The van der Waals surface area contributed by atoms with E-state index in [0.717, 1.165) is 24.8 Å². The lowest BCUT2D eigenvalue weighted by Gasteiger charge is -2.40. The molecule has 0 bridgehead atoms. The highest BCUT2D eigenvalue weighted by atomic mass is 19.2. The monoisotopic (exact) mass is 239 g/mol. The van der Waals surface area contributed by atoms with Gasteiger partial charge in [0.15, 0.2) is 11.6 Å². The van der Waals surface area contributed by atoms with Crippen molar-refractivity contribution in [3.63, 3.8) is 0 Å². The summed E-state index contributed by atoms with van der Waals surface area (Å²) < 4.78 is 26.2. The zero-order chi connectivity index (χ0) is 12.6. The summed E-state index contributed by atoms with van der Waals surface area (Å²) in [5.41, 5.74) is 6.58. The minimum Gasteiger partial charge on any atom is -0.321 e. The molecule has 0 aliphatic heterocycles. The minimum atomic E-state index is -0.811. The van der Waals surface area contributed by atoms with Crippen molar-refractivity contribution in [2.75, 3.05) is 0 Å². The van der Waals surface area contributed by atoms with Gasteiger partial charge in [0.1, 0.15) is 0 Å². The Labute approximate surface area is 101 Å². The summed E-state index contributed by atoms with van der Waals surface area (Å²) >= 11 is 0. The van der Waals surface area contributed by atoms with Crippen molar-refractivity contribution in [2.45, 2.75) is 38.6 Å². The van der Waals surface area contributed by atoms with E-state index in [2.05, 4.69) is 13.8 Å². The molecule has 1 saturated carbocycles. The molecule has 17 heavy (non-hydrogen) atoms. The van der Waals surface area contributed by atoms with Gasteiger partial charge in [0.25, 0.3) is 0 Å². The molecule has 1 nitrogen and oxygen atoms in total. The molecule has 1 aromatic carbocycles. The van der Waals surface area contributed by atoms with Crippen molar-refractivity contribution < 1.29 is 8.78 Å². The molecule has 1 aliphatic rings. The summed E-state index contributed by atoms with van der Waals surface area (Å²) in [4.78, 5) is 0. The topological polar surface area (TPSA) is 26.0 Å². The van der Waals surface area contributed by atoms with Crippen LogP contribution in [0.2, 0.25) is 0 Å². The van der Waals surface area contributed by atoms with Crippen LogP contribution < -0.4 is 5.73 Å². The van der Waals surface area contributed by atoms with E-state index in [9.17, 15) is 8.78 Å². The largest absolute Gasteiger partial charge is 0.321 e. The number of halogens is 2. The van der Waals surface area contributed by atoms with Crippen LogP contribution in [0.5, 0.6) is 0 Å². The minimum absolute atomic E-state index is 0.500. The Morgan fingerprint density at radius 2 is 1.88 bits per heavy atom. The average molecular weight is 239 g/mol. The Kier molecular flexibility index (Phi) is 3.21. The lowest BCUT2D eigenvalue weighted by Crippen LogP contribution is -2.43. The highest BCUT2D eigenvalue weighted by Crippen LogP contribution is 2.40. The molecular formula is C14H19F2N. The third kappa shape index (κ3) is 2.34. The SMILES string of the molecule is CC1CCC(N)(c2ccc(F)c(F)c2)CC1C. The molecule has 3 unspecified atom stereocenters. The highest BCUT2D eigenvalue weighted by molar-refractivity contribution is 5.26. The van der Waals surface area contributed by atoms with Crippen molar-refractivity contribution in [3.05, 3.63) is 35.4 Å². The second-order valence-electron chi connectivity index (χ2n) is 5.48. The predicted octanol–water partition coefficient (Wildman–Crippen LogP) is 3.57. The maximum atomic E-state index is 13.2. The van der Waals surface area contributed by atoms with Crippen LogP contribution >= 0.6 is 0 Å². The van der Waals surface area contributed by atoms with Crippen LogP contribution in [-0.2, 0) is 5.54 Å². The van der Waals surface area contributed by atoms with Crippen LogP contribution in [0.1, 0.15) is 38.7 Å². The molecule has 0 radical (unpaired) electrons. The van der Waals surface area contributed by atoms with Crippen LogP contribution in [0.25, 0.3) is 0 Å². The van der Waals surface area contributed by atoms with Gasteiger partial charge in [-0.3, -0.25) is 0 Å². The van der Waals surface area contributed by atoms with E-state index in [-0.39, 0.29) is 0 Å². The summed E-state index contributed by atoms with van der Waals surface area (Å²) in [6, 6.07) is 4.03. The van der Waals surface area contributed by atoms with Gasteiger partial charge in [-0.15, -0.1) is 0 Å². The Hall–Kier alpha value is -0.960. The molecule has 0 spiro atoms. The summed E-state index contributed by atoms with van der Waals surface area (Å²) in [6.45, 7) is 4.39. The molecule has 0 amide bonds. The van der Waals surface area contributed by atoms with Crippen molar-refractivity contribution >= 4 is 0 Å². The summed E-state index contributed by atoms with van der Waals surface area (Å²) in [5.74, 6) is -0.452. The lowest BCUT2D eigenvalue weighted by atomic mass is 9.69. The number of hydrogen-bond acceptors (Lipinski definition) is 1. The molecule has 0 saturated heterocycles. The average Bonchev–Trinajstić information content (AvgIpc) is 2.28. The molecule has 0 heterocycles. The summed E-state index contributed by atoms with van der Waals surface area (Å²) in [7, 11) is 0. The number of benzene rings is 1. The zero-order valence-corrected chi connectivity index (χ0v) is 10.3. The molecule has 3 heteroatoms. The van der Waals surface area contributed by atoms with E-state index in [1.165, 1.54) is 12.1 Å². The smallest absolute Gasteiger partial charge is 0.159 e. The first-order chi connectivity index (χ1) is 7.92. The first-order valence-electron chi connectivity index (χ1n) is 6.17. The van der Waals surface area contributed by atoms with Crippen molar-refractivity contribution in [1.82, 2.24) is 0 Å². The van der Waals surface area contributed by atoms with Gasteiger partial charge in [0.05, 0.1) is 0 Å².